The summed E-state index contributed by atoms with van der Waals surface area (Å²) in [5.74, 6) is 0.516. The molecule has 1 atom stereocenters. The average Bonchev–Trinajstić information content (AvgIpc) is 3.13. The quantitative estimate of drug-likeness (QED) is 0.500. The van der Waals surface area contributed by atoms with Crippen LogP contribution in [0.5, 0.6) is 0 Å². The number of hydrogen-bond donors (Lipinski definition) is 0. The highest BCUT2D eigenvalue weighted by molar-refractivity contribution is 5.80. The fourth-order valence-electron chi connectivity index (χ4n) is 4.54. The van der Waals surface area contributed by atoms with Gasteiger partial charge in [-0.2, -0.15) is 0 Å². The Morgan fingerprint density at radius 3 is 2.14 bits per heavy atom. The molecule has 0 amide bonds. The summed E-state index contributed by atoms with van der Waals surface area (Å²) in [5.41, 5.74) is 8.96. The highest BCUT2D eigenvalue weighted by Crippen LogP contribution is 2.40. The highest BCUT2D eigenvalue weighted by Gasteiger charge is 2.36. The molecule has 1 saturated heterocycles. The third kappa shape index (κ3) is 3.76. The molecule has 0 unspecified atom stereocenters. The second-order valence-corrected chi connectivity index (χ2v) is 8.52. The predicted molar refractivity (Wildman–Crippen MR) is 124 cm³/mol. The first-order chi connectivity index (χ1) is 14.0. The molecular weight excluding hydrogens is 352 g/mol. The van der Waals surface area contributed by atoms with Crippen LogP contribution in [0, 0.1) is 33.4 Å². The summed E-state index contributed by atoms with van der Waals surface area (Å²) in [6, 6.07) is 24.3. The molecule has 0 aliphatic carbocycles. The van der Waals surface area contributed by atoms with Crippen molar-refractivity contribution in [2.45, 2.75) is 40.7 Å². The molecule has 1 aliphatic heterocycles. The van der Waals surface area contributed by atoms with Crippen LogP contribution in [-0.2, 0) is 0 Å². The zero-order valence-corrected chi connectivity index (χ0v) is 18.1. The number of anilines is 2. The van der Waals surface area contributed by atoms with Crippen LogP contribution < -0.4 is 9.80 Å². The SMILES string of the molecule is Cc1cc(C)c(N2[C]N(c3ccccc3-c3ccccc3)[C@@H](C(C)C)C2)c(C)c1. The number of benzene rings is 3. The second kappa shape index (κ2) is 7.94. The smallest absolute Gasteiger partial charge is 0.209 e. The maximum Gasteiger partial charge on any atom is 0.209 e. The van der Waals surface area contributed by atoms with Gasteiger partial charge in [0.05, 0.1) is 6.04 Å². The Hall–Kier alpha value is -2.74. The normalized spacial score (nSPS) is 16.7. The third-order valence-corrected chi connectivity index (χ3v) is 5.85. The number of nitrogens with zero attached hydrogens (tertiary/aromatic N) is 2. The maximum absolute atomic E-state index is 3.73. The summed E-state index contributed by atoms with van der Waals surface area (Å²) in [5, 5.41) is 0. The molecule has 29 heavy (non-hydrogen) atoms. The molecular formula is C27H30N2. The maximum atomic E-state index is 3.73. The number of hydrogen-bond acceptors (Lipinski definition) is 2. The lowest BCUT2D eigenvalue weighted by molar-refractivity contribution is 0.518. The second-order valence-electron chi connectivity index (χ2n) is 8.52. The Labute approximate surface area is 175 Å². The van der Waals surface area contributed by atoms with Crippen LogP contribution >= 0.6 is 0 Å². The Balaban J connectivity index is 1.76. The van der Waals surface area contributed by atoms with Gasteiger partial charge < -0.3 is 9.80 Å². The molecule has 0 spiro atoms. The van der Waals surface area contributed by atoms with Crippen molar-refractivity contribution in [1.29, 1.82) is 0 Å². The van der Waals surface area contributed by atoms with E-state index in [0.717, 1.165) is 6.54 Å². The van der Waals surface area contributed by atoms with Gasteiger partial charge in [0.25, 0.3) is 0 Å². The molecule has 148 valence electrons. The third-order valence-electron chi connectivity index (χ3n) is 5.85. The zero-order chi connectivity index (χ0) is 20.5. The Bertz CT molecular complexity index is 967. The van der Waals surface area contributed by atoms with Crippen molar-refractivity contribution < 1.29 is 0 Å². The van der Waals surface area contributed by atoms with Crippen molar-refractivity contribution in [2.24, 2.45) is 5.92 Å². The molecule has 0 saturated carbocycles. The van der Waals surface area contributed by atoms with E-state index in [1.54, 1.807) is 0 Å². The number of para-hydroxylation sites is 1. The summed E-state index contributed by atoms with van der Waals surface area (Å²) >= 11 is 0. The Kier molecular flexibility index (Phi) is 5.36. The van der Waals surface area contributed by atoms with Gasteiger partial charge in [0.1, 0.15) is 0 Å². The Morgan fingerprint density at radius 1 is 0.862 bits per heavy atom. The minimum atomic E-state index is 0.375. The van der Waals surface area contributed by atoms with E-state index in [4.69, 9.17) is 0 Å². The number of rotatable bonds is 4. The predicted octanol–water partition coefficient (Wildman–Crippen LogP) is 6.63. The average molecular weight is 383 g/mol. The van der Waals surface area contributed by atoms with E-state index >= 15 is 0 Å². The van der Waals surface area contributed by atoms with Gasteiger partial charge in [-0.25, -0.2) is 0 Å². The molecule has 2 nitrogen and oxygen atoms in total. The molecule has 0 aromatic heterocycles. The van der Waals surface area contributed by atoms with Crippen LogP contribution in [0.3, 0.4) is 0 Å². The van der Waals surface area contributed by atoms with Crippen molar-refractivity contribution in [3.05, 3.63) is 90.1 Å². The van der Waals surface area contributed by atoms with E-state index in [9.17, 15) is 0 Å². The van der Waals surface area contributed by atoms with E-state index in [1.807, 2.05) is 0 Å². The molecule has 3 aromatic carbocycles. The van der Waals surface area contributed by atoms with Crippen molar-refractivity contribution in [1.82, 2.24) is 0 Å². The summed E-state index contributed by atoms with van der Waals surface area (Å²) < 4.78 is 0. The van der Waals surface area contributed by atoms with Crippen LogP contribution in [0.1, 0.15) is 30.5 Å². The summed E-state index contributed by atoms with van der Waals surface area (Å²) in [4.78, 5) is 4.70. The molecule has 1 fully saturated rings. The summed E-state index contributed by atoms with van der Waals surface area (Å²) in [6.45, 7) is 15.9. The largest absolute Gasteiger partial charge is 0.339 e. The minimum absolute atomic E-state index is 0.375. The van der Waals surface area contributed by atoms with Crippen molar-refractivity contribution in [3.8, 4) is 11.1 Å². The van der Waals surface area contributed by atoms with Gasteiger partial charge in [-0.15, -0.1) is 0 Å². The van der Waals surface area contributed by atoms with Crippen molar-refractivity contribution >= 4 is 11.4 Å². The van der Waals surface area contributed by atoms with Crippen molar-refractivity contribution in [2.75, 3.05) is 16.3 Å². The first-order valence-electron chi connectivity index (χ1n) is 10.5. The lowest BCUT2D eigenvalue weighted by Gasteiger charge is -2.29. The highest BCUT2D eigenvalue weighted by atomic mass is 15.4. The zero-order valence-electron chi connectivity index (χ0n) is 18.1. The molecule has 3 aromatic rings. The lowest BCUT2D eigenvalue weighted by atomic mass is 9.99. The number of aryl methyl sites for hydroxylation is 3. The summed E-state index contributed by atoms with van der Waals surface area (Å²) in [7, 11) is 0. The van der Waals surface area contributed by atoms with Gasteiger partial charge in [-0.05, 0) is 49.4 Å². The van der Waals surface area contributed by atoms with Gasteiger partial charge >= 0.3 is 0 Å². The van der Waals surface area contributed by atoms with Gasteiger partial charge in [-0.3, -0.25) is 0 Å². The first-order valence-corrected chi connectivity index (χ1v) is 10.5. The molecule has 1 heterocycles. The van der Waals surface area contributed by atoms with Gasteiger partial charge in [0.2, 0.25) is 6.67 Å². The fourth-order valence-corrected chi connectivity index (χ4v) is 4.54. The van der Waals surface area contributed by atoms with Gasteiger partial charge in [0, 0.05) is 23.5 Å². The van der Waals surface area contributed by atoms with Crippen LogP contribution in [0.2, 0.25) is 0 Å². The van der Waals surface area contributed by atoms with E-state index in [2.05, 4.69) is 118 Å². The van der Waals surface area contributed by atoms with Crippen LogP contribution in [-0.4, -0.2) is 12.6 Å². The molecule has 0 bridgehead atoms. The van der Waals surface area contributed by atoms with E-state index < -0.39 is 0 Å². The molecule has 4 rings (SSSR count). The van der Waals surface area contributed by atoms with Crippen LogP contribution in [0.4, 0.5) is 11.4 Å². The molecule has 2 heteroatoms. The minimum Gasteiger partial charge on any atom is -0.339 e. The van der Waals surface area contributed by atoms with Crippen LogP contribution in [0.15, 0.2) is 66.7 Å². The van der Waals surface area contributed by atoms with Crippen molar-refractivity contribution in [3.63, 3.8) is 0 Å². The molecule has 0 N–H and O–H groups in total. The first kappa shape index (κ1) is 19.6. The van der Waals surface area contributed by atoms with E-state index in [0.29, 0.717) is 12.0 Å². The van der Waals surface area contributed by atoms with E-state index in [-0.39, 0.29) is 0 Å². The van der Waals surface area contributed by atoms with Gasteiger partial charge in [0.15, 0.2) is 0 Å². The standard InChI is InChI=1S/C27H30N2/c1-19(2)26-17-28(27-21(4)15-20(3)16-22(27)5)18-29(26)25-14-10-9-13-24(25)23-11-7-6-8-12-23/h6-16,19,26H,17H2,1-5H3/t26-/m1/s1. The van der Waals surface area contributed by atoms with Gasteiger partial charge in [-0.1, -0.05) is 80.1 Å². The van der Waals surface area contributed by atoms with E-state index in [1.165, 1.54) is 39.2 Å². The molecule has 1 aliphatic rings. The topological polar surface area (TPSA) is 6.48 Å². The fraction of sp³-hybridized carbons (Fsp3) is 0.296. The summed E-state index contributed by atoms with van der Waals surface area (Å²) in [6.07, 6.45) is 0. The molecule has 2 radical (unpaired) electrons. The Morgan fingerprint density at radius 2 is 1.48 bits per heavy atom. The van der Waals surface area contributed by atoms with Crippen LogP contribution in [0.25, 0.3) is 11.1 Å². The monoisotopic (exact) mass is 382 g/mol. The lowest BCUT2D eigenvalue weighted by Crippen LogP contribution is -2.33.